The molecule has 1 atom stereocenters. The fourth-order valence-corrected chi connectivity index (χ4v) is 8.13. The molecular formula is C34H41N2O6S+. The summed E-state index contributed by atoms with van der Waals surface area (Å²) in [4.78, 5) is 13.2. The molecular weight excluding hydrogens is 564 g/mol. The number of aryl methyl sites for hydroxylation is 1. The summed E-state index contributed by atoms with van der Waals surface area (Å²) in [6, 6.07) is 10.7. The van der Waals surface area contributed by atoms with E-state index in [-0.39, 0.29) is 17.9 Å². The smallest absolute Gasteiger partial charge is 0.303 e. The van der Waals surface area contributed by atoms with Gasteiger partial charge in [0.1, 0.15) is 17.6 Å². The summed E-state index contributed by atoms with van der Waals surface area (Å²) < 4.78 is 43.3. The summed E-state index contributed by atoms with van der Waals surface area (Å²) in [5.41, 5.74) is 8.59. The first-order chi connectivity index (χ1) is 20.2. The van der Waals surface area contributed by atoms with Crippen molar-refractivity contribution in [1.82, 2.24) is 0 Å². The maximum absolute atomic E-state index is 12.1. The first kappa shape index (κ1) is 29.6. The highest BCUT2D eigenvalue weighted by molar-refractivity contribution is 7.86. The minimum absolute atomic E-state index is 0.0830. The number of carboxylic acid groups (broad SMARTS) is 1. The number of aliphatic carboxylic acids is 1. The number of nitrogens with zero attached hydrogens (tertiary/aromatic N) is 2. The molecule has 0 fully saturated rings. The molecule has 6 rings (SSSR count). The molecule has 0 saturated heterocycles. The molecule has 1 unspecified atom stereocenters. The van der Waals surface area contributed by atoms with Gasteiger partial charge in [-0.2, -0.15) is 13.0 Å². The molecule has 0 aromatic heterocycles. The molecule has 2 aromatic rings. The molecule has 4 heterocycles. The fraction of sp³-hybridized carbons (Fsp3) is 0.471. The van der Waals surface area contributed by atoms with Crippen LogP contribution in [0, 0.1) is 6.92 Å². The monoisotopic (exact) mass is 605 g/mol. The summed E-state index contributed by atoms with van der Waals surface area (Å²) in [5.74, 6) is -0.492. The number of rotatable bonds is 8. The number of ether oxygens (including phenoxy) is 1. The van der Waals surface area contributed by atoms with Crippen molar-refractivity contribution in [3.05, 3.63) is 64.2 Å². The van der Waals surface area contributed by atoms with Gasteiger partial charge in [-0.15, -0.1) is 0 Å². The Bertz CT molecular complexity index is 1730. The van der Waals surface area contributed by atoms with Crippen molar-refractivity contribution in [3.8, 4) is 5.75 Å². The van der Waals surface area contributed by atoms with Gasteiger partial charge < -0.3 is 14.7 Å². The number of benzene rings is 2. The average Bonchev–Trinajstić information content (AvgIpc) is 3.13. The largest absolute Gasteiger partial charge is 0.485 e. The molecule has 2 N–H and O–H groups in total. The summed E-state index contributed by atoms with van der Waals surface area (Å²) in [6.45, 7) is 12.3. The van der Waals surface area contributed by atoms with Crippen LogP contribution in [0.3, 0.4) is 0 Å². The Morgan fingerprint density at radius 1 is 1.12 bits per heavy atom. The molecule has 0 aliphatic carbocycles. The molecule has 0 saturated carbocycles. The number of fused-ring (bicyclic) bond motifs is 6. The minimum Gasteiger partial charge on any atom is -0.485 e. The quantitative estimate of drug-likeness (QED) is 0.212. The topological polar surface area (TPSA) is 107 Å². The maximum atomic E-state index is 12.1. The van der Waals surface area contributed by atoms with Crippen molar-refractivity contribution < 1.29 is 32.2 Å². The van der Waals surface area contributed by atoms with E-state index in [0.29, 0.717) is 18.5 Å². The molecule has 0 radical (unpaired) electrons. The third kappa shape index (κ3) is 5.31. The molecule has 228 valence electrons. The first-order valence-electron chi connectivity index (χ1n) is 15.2. The van der Waals surface area contributed by atoms with E-state index in [4.69, 9.17) is 9.84 Å². The average molecular weight is 606 g/mol. The third-order valence-corrected chi connectivity index (χ3v) is 10.1. The van der Waals surface area contributed by atoms with Crippen LogP contribution in [0.2, 0.25) is 0 Å². The number of hydrogen-bond acceptors (Lipinski definition) is 5. The van der Waals surface area contributed by atoms with Crippen LogP contribution >= 0.6 is 0 Å². The van der Waals surface area contributed by atoms with E-state index in [1.54, 1.807) is 0 Å². The number of carboxylic acids is 1. The Balaban J connectivity index is 1.42. The van der Waals surface area contributed by atoms with Crippen LogP contribution in [-0.2, 0) is 20.3 Å². The summed E-state index contributed by atoms with van der Waals surface area (Å²) in [5, 5.41) is 9.02. The van der Waals surface area contributed by atoms with E-state index < -0.39 is 27.4 Å². The van der Waals surface area contributed by atoms with Crippen molar-refractivity contribution >= 4 is 44.8 Å². The van der Waals surface area contributed by atoms with E-state index in [0.717, 1.165) is 53.9 Å². The van der Waals surface area contributed by atoms with E-state index in [2.05, 4.69) is 54.5 Å². The van der Waals surface area contributed by atoms with E-state index in [1.165, 1.54) is 22.5 Å². The Labute approximate surface area is 254 Å². The normalized spacial score (nSPS) is 21.1. The number of anilines is 1. The van der Waals surface area contributed by atoms with Gasteiger partial charge in [0.15, 0.2) is 12.3 Å². The Kier molecular flexibility index (Phi) is 7.12. The fourth-order valence-electron chi connectivity index (χ4n) is 7.50. The molecule has 4 aliphatic rings. The van der Waals surface area contributed by atoms with Gasteiger partial charge >= 0.3 is 5.97 Å². The van der Waals surface area contributed by atoms with Gasteiger partial charge in [0.05, 0.1) is 16.5 Å². The van der Waals surface area contributed by atoms with Crippen molar-refractivity contribution in [2.75, 3.05) is 23.7 Å². The Morgan fingerprint density at radius 2 is 1.88 bits per heavy atom. The van der Waals surface area contributed by atoms with Crippen molar-refractivity contribution in [2.45, 2.75) is 83.8 Å². The van der Waals surface area contributed by atoms with Crippen LogP contribution in [0.1, 0.15) is 82.1 Å². The molecule has 0 spiro atoms. The van der Waals surface area contributed by atoms with Gasteiger partial charge in [-0.3, -0.25) is 9.35 Å². The molecule has 4 aliphatic heterocycles. The highest BCUT2D eigenvalue weighted by Gasteiger charge is 2.52. The minimum atomic E-state index is -4.27. The van der Waals surface area contributed by atoms with Crippen LogP contribution < -0.4 is 9.64 Å². The number of unbranched alkanes of at least 4 members (excludes halogenated alkanes) is 2. The van der Waals surface area contributed by atoms with Crippen LogP contribution in [-0.4, -0.2) is 64.8 Å². The summed E-state index contributed by atoms with van der Waals surface area (Å²) >= 11 is 0. The van der Waals surface area contributed by atoms with Gasteiger partial charge in [0.2, 0.25) is 5.69 Å². The second kappa shape index (κ2) is 10.3. The van der Waals surface area contributed by atoms with Crippen LogP contribution in [0.5, 0.6) is 5.75 Å². The lowest BCUT2D eigenvalue weighted by Crippen LogP contribution is -2.46. The standard InChI is InChI=1S/C34H40N2O6S/c1-21-10-11-27-26(15-21)34(4,5)32-25-17-22-16-24-23(20-43(39,40)41)19-33(2,3)36(13-8-6-7-9-31(37)38)28(24)18-30(22)42-29(25)12-14-35(27)32/h10-11,15-19,29H,6-9,12-14,20H2,1-5H3,(H-,37,38,39,40,41)/p+1. The SMILES string of the molecule is Cc1ccc2c(c1)C(C)(C)C1=[N+]2CCC2Oc3cc4c(cc3C=C12)C(CS(=O)(=O)O)=CC(C)(C)N4CCCCCC(=O)O. The molecule has 0 bridgehead atoms. The third-order valence-electron chi connectivity index (χ3n) is 9.39. The molecule has 8 nitrogen and oxygen atoms in total. The van der Waals surface area contributed by atoms with Gasteiger partial charge in [0, 0.05) is 53.9 Å². The highest BCUT2D eigenvalue weighted by atomic mass is 32.2. The van der Waals surface area contributed by atoms with Gasteiger partial charge in [-0.05, 0) is 71.2 Å². The zero-order chi connectivity index (χ0) is 30.9. The lowest BCUT2D eigenvalue weighted by atomic mass is 9.75. The maximum Gasteiger partial charge on any atom is 0.303 e. The van der Waals surface area contributed by atoms with Gasteiger partial charge in [0.25, 0.3) is 10.1 Å². The Morgan fingerprint density at radius 3 is 2.60 bits per heavy atom. The summed E-state index contributed by atoms with van der Waals surface area (Å²) in [6.07, 6.45) is 7.24. The van der Waals surface area contributed by atoms with Crippen LogP contribution in [0.15, 0.2) is 42.0 Å². The lowest BCUT2D eigenvalue weighted by molar-refractivity contribution is -0.444. The molecule has 0 amide bonds. The number of hydrogen-bond donors (Lipinski definition) is 2. The molecule has 43 heavy (non-hydrogen) atoms. The lowest BCUT2D eigenvalue weighted by Gasteiger charge is -2.44. The van der Waals surface area contributed by atoms with E-state index in [9.17, 15) is 17.8 Å². The van der Waals surface area contributed by atoms with E-state index in [1.807, 2.05) is 32.1 Å². The second-order valence-electron chi connectivity index (χ2n) is 13.5. The zero-order valence-corrected chi connectivity index (χ0v) is 26.4. The number of carbonyl (C=O) groups is 1. The van der Waals surface area contributed by atoms with Crippen LogP contribution in [0.4, 0.5) is 11.4 Å². The van der Waals surface area contributed by atoms with Crippen LogP contribution in [0.25, 0.3) is 11.6 Å². The highest BCUT2D eigenvalue weighted by Crippen LogP contribution is 2.49. The Hall–Kier alpha value is -3.43. The molecule has 9 heteroatoms. The van der Waals surface area contributed by atoms with Gasteiger partial charge in [-0.25, -0.2) is 0 Å². The summed E-state index contributed by atoms with van der Waals surface area (Å²) in [7, 11) is -4.27. The van der Waals surface area contributed by atoms with Crippen molar-refractivity contribution in [3.63, 3.8) is 0 Å². The van der Waals surface area contributed by atoms with Crippen molar-refractivity contribution in [1.29, 1.82) is 0 Å². The second-order valence-corrected chi connectivity index (χ2v) is 14.9. The first-order valence-corrected chi connectivity index (χ1v) is 16.8. The van der Waals surface area contributed by atoms with Gasteiger partial charge in [-0.1, -0.05) is 24.1 Å². The predicted octanol–water partition coefficient (Wildman–Crippen LogP) is 6.13. The predicted molar refractivity (Wildman–Crippen MR) is 169 cm³/mol. The van der Waals surface area contributed by atoms with Crippen molar-refractivity contribution in [2.24, 2.45) is 0 Å². The van der Waals surface area contributed by atoms with E-state index >= 15 is 0 Å². The zero-order valence-electron chi connectivity index (χ0n) is 25.6. The molecule has 2 aromatic carbocycles.